The predicted molar refractivity (Wildman–Crippen MR) is 86.1 cm³/mol. The van der Waals surface area contributed by atoms with E-state index in [0.717, 1.165) is 13.0 Å². The SMILES string of the molecule is O=C(NCCCN1CCCCCC1)c1cc(Cl)nc(Cl)c1. The summed E-state index contributed by atoms with van der Waals surface area (Å²) in [4.78, 5) is 18.3. The number of carbonyl (C=O) groups excluding carboxylic acids is 1. The summed E-state index contributed by atoms with van der Waals surface area (Å²) < 4.78 is 0. The van der Waals surface area contributed by atoms with Crippen molar-refractivity contribution >= 4 is 29.1 Å². The summed E-state index contributed by atoms with van der Waals surface area (Å²) in [5.74, 6) is -0.155. The first-order valence-corrected chi connectivity index (χ1v) is 8.24. The molecule has 2 heterocycles. The second-order valence-corrected chi connectivity index (χ2v) is 6.14. The first-order chi connectivity index (χ1) is 10.1. The minimum Gasteiger partial charge on any atom is -0.352 e. The van der Waals surface area contributed by atoms with Crippen molar-refractivity contribution in [2.24, 2.45) is 0 Å². The number of rotatable bonds is 5. The van der Waals surface area contributed by atoms with Crippen molar-refractivity contribution in [3.8, 4) is 0 Å². The molecule has 6 heteroatoms. The molecule has 0 radical (unpaired) electrons. The number of hydrogen-bond acceptors (Lipinski definition) is 3. The quantitative estimate of drug-likeness (QED) is 0.665. The number of carbonyl (C=O) groups is 1. The van der Waals surface area contributed by atoms with Crippen LogP contribution in [0, 0.1) is 0 Å². The molecule has 0 aliphatic carbocycles. The highest BCUT2D eigenvalue weighted by Crippen LogP contribution is 2.14. The van der Waals surface area contributed by atoms with E-state index in [1.165, 1.54) is 50.9 Å². The molecule has 0 atom stereocenters. The average Bonchev–Trinajstić information content (AvgIpc) is 2.71. The fourth-order valence-corrected chi connectivity index (χ4v) is 3.02. The predicted octanol–water partition coefficient (Wildman–Crippen LogP) is 3.38. The molecule has 1 aliphatic heterocycles. The maximum Gasteiger partial charge on any atom is 0.251 e. The molecule has 0 bridgehead atoms. The molecule has 116 valence electrons. The fourth-order valence-electron chi connectivity index (χ4n) is 2.56. The lowest BCUT2D eigenvalue weighted by Crippen LogP contribution is -2.30. The molecular weight excluding hydrogens is 309 g/mol. The zero-order valence-corrected chi connectivity index (χ0v) is 13.6. The fraction of sp³-hybridized carbons (Fsp3) is 0.600. The van der Waals surface area contributed by atoms with Crippen LogP contribution in [0.1, 0.15) is 42.5 Å². The van der Waals surface area contributed by atoms with Crippen molar-refractivity contribution in [3.63, 3.8) is 0 Å². The van der Waals surface area contributed by atoms with Crippen molar-refractivity contribution < 1.29 is 4.79 Å². The number of nitrogens with zero attached hydrogens (tertiary/aromatic N) is 2. The topological polar surface area (TPSA) is 45.2 Å². The first kappa shape index (κ1) is 16.5. The zero-order valence-electron chi connectivity index (χ0n) is 12.1. The number of likely N-dealkylation sites (tertiary alicyclic amines) is 1. The Kier molecular flexibility index (Phi) is 6.74. The van der Waals surface area contributed by atoms with E-state index in [4.69, 9.17) is 23.2 Å². The molecule has 2 rings (SSSR count). The van der Waals surface area contributed by atoms with Crippen LogP contribution in [0.3, 0.4) is 0 Å². The van der Waals surface area contributed by atoms with Gasteiger partial charge in [-0.05, 0) is 51.0 Å². The first-order valence-electron chi connectivity index (χ1n) is 7.49. The normalized spacial score (nSPS) is 16.5. The van der Waals surface area contributed by atoms with Crippen LogP contribution in [0.4, 0.5) is 0 Å². The summed E-state index contributed by atoms with van der Waals surface area (Å²) >= 11 is 11.6. The lowest BCUT2D eigenvalue weighted by molar-refractivity contribution is 0.0951. The van der Waals surface area contributed by atoms with E-state index in [1.54, 1.807) is 0 Å². The van der Waals surface area contributed by atoms with Crippen LogP contribution >= 0.6 is 23.2 Å². The monoisotopic (exact) mass is 329 g/mol. The maximum absolute atomic E-state index is 12.0. The van der Waals surface area contributed by atoms with Gasteiger partial charge < -0.3 is 10.2 Å². The Labute approximate surface area is 135 Å². The number of amides is 1. The molecule has 1 saturated heterocycles. The van der Waals surface area contributed by atoms with Gasteiger partial charge in [-0.1, -0.05) is 36.0 Å². The van der Waals surface area contributed by atoms with Gasteiger partial charge in [-0.15, -0.1) is 0 Å². The van der Waals surface area contributed by atoms with E-state index in [1.807, 2.05) is 0 Å². The number of halogens is 2. The molecule has 4 nitrogen and oxygen atoms in total. The minimum absolute atomic E-state index is 0.155. The number of pyridine rings is 1. The van der Waals surface area contributed by atoms with Gasteiger partial charge in [0.2, 0.25) is 0 Å². The van der Waals surface area contributed by atoms with Crippen LogP contribution in [0.25, 0.3) is 0 Å². The molecule has 1 N–H and O–H groups in total. The third-order valence-corrected chi connectivity index (χ3v) is 4.05. The smallest absolute Gasteiger partial charge is 0.251 e. The Morgan fingerprint density at radius 2 is 1.76 bits per heavy atom. The van der Waals surface area contributed by atoms with E-state index >= 15 is 0 Å². The van der Waals surface area contributed by atoms with Gasteiger partial charge in [-0.25, -0.2) is 4.98 Å². The van der Waals surface area contributed by atoms with Crippen molar-refractivity contribution in [1.29, 1.82) is 0 Å². The second-order valence-electron chi connectivity index (χ2n) is 5.37. The van der Waals surface area contributed by atoms with Gasteiger partial charge in [-0.2, -0.15) is 0 Å². The highest BCUT2D eigenvalue weighted by molar-refractivity contribution is 6.33. The van der Waals surface area contributed by atoms with Crippen LogP contribution < -0.4 is 5.32 Å². The lowest BCUT2D eigenvalue weighted by Gasteiger charge is -2.19. The van der Waals surface area contributed by atoms with Gasteiger partial charge in [0, 0.05) is 12.1 Å². The van der Waals surface area contributed by atoms with Crippen molar-refractivity contribution in [1.82, 2.24) is 15.2 Å². The van der Waals surface area contributed by atoms with Crippen molar-refractivity contribution in [2.45, 2.75) is 32.1 Å². The summed E-state index contributed by atoms with van der Waals surface area (Å²) in [5, 5.41) is 3.36. The minimum atomic E-state index is -0.155. The van der Waals surface area contributed by atoms with E-state index in [0.29, 0.717) is 12.1 Å². The summed E-state index contributed by atoms with van der Waals surface area (Å²) in [6.07, 6.45) is 6.23. The van der Waals surface area contributed by atoms with Gasteiger partial charge >= 0.3 is 0 Å². The molecule has 1 aromatic heterocycles. The van der Waals surface area contributed by atoms with Crippen LogP contribution in [0.2, 0.25) is 10.3 Å². The molecule has 0 unspecified atom stereocenters. The van der Waals surface area contributed by atoms with Gasteiger partial charge in [-0.3, -0.25) is 4.79 Å². The Bertz CT molecular complexity index is 454. The second kappa shape index (κ2) is 8.57. The Balaban J connectivity index is 1.71. The molecule has 0 saturated carbocycles. The highest BCUT2D eigenvalue weighted by atomic mass is 35.5. The van der Waals surface area contributed by atoms with Crippen LogP contribution in [-0.2, 0) is 0 Å². The van der Waals surface area contributed by atoms with Crippen LogP contribution in [-0.4, -0.2) is 42.0 Å². The molecular formula is C15H21Cl2N3O. The largest absolute Gasteiger partial charge is 0.352 e. The number of hydrogen-bond donors (Lipinski definition) is 1. The molecule has 0 aromatic carbocycles. The maximum atomic E-state index is 12.0. The molecule has 0 spiro atoms. The standard InChI is InChI=1S/C15H21Cl2N3O/c16-13-10-12(11-14(17)19-13)15(21)18-6-5-9-20-7-3-1-2-4-8-20/h10-11H,1-9H2,(H,18,21). The Morgan fingerprint density at radius 3 is 2.38 bits per heavy atom. The Hall–Kier alpha value is -0.840. The summed E-state index contributed by atoms with van der Waals surface area (Å²) in [5.41, 5.74) is 0.453. The van der Waals surface area contributed by atoms with Gasteiger partial charge in [0.05, 0.1) is 0 Å². The third kappa shape index (κ3) is 5.81. The van der Waals surface area contributed by atoms with E-state index in [-0.39, 0.29) is 16.2 Å². The molecule has 1 aromatic rings. The van der Waals surface area contributed by atoms with Crippen LogP contribution in [0.5, 0.6) is 0 Å². The highest BCUT2D eigenvalue weighted by Gasteiger charge is 2.10. The van der Waals surface area contributed by atoms with Crippen LogP contribution in [0.15, 0.2) is 12.1 Å². The van der Waals surface area contributed by atoms with Gasteiger partial charge in [0.25, 0.3) is 5.91 Å². The lowest BCUT2D eigenvalue weighted by atomic mass is 10.2. The third-order valence-electron chi connectivity index (χ3n) is 3.66. The van der Waals surface area contributed by atoms with Gasteiger partial charge in [0.1, 0.15) is 10.3 Å². The van der Waals surface area contributed by atoms with E-state index < -0.39 is 0 Å². The van der Waals surface area contributed by atoms with Crippen molar-refractivity contribution in [3.05, 3.63) is 28.0 Å². The number of aromatic nitrogens is 1. The zero-order chi connectivity index (χ0) is 15.1. The molecule has 21 heavy (non-hydrogen) atoms. The molecule has 1 aliphatic rings. The summed E-state index contributed by atoms with van der Waals surface area (Å²) in [6.45, 7) is 4.07. The van der Waals surface area contributed by atoms with Gasteiger partial charge in [0.15, 0.2) is 0 Å². The summed E-state index contributed by atoms with van der Waals surface area (Å²) in [7, 11) is 0. The summed E-state index contributed by atoms with van der Waals surface area (Å²) in [6, 6.07) is 3.05. The van der Waals surface area contributed by atoms with E-state index in [2.05, 4.69) is 15.2 Å². The number of nitrogens with one attached hydrogen (secondary N) is 1. The van der Waals surface area contributed by atoms with Crippen molar-refractivity contribution in [2.75, 3.05) is 26.2 Å². The molecule has 1 fully saturated rings. The molecule has 1 amide bonds. The Morgan fingerprint density at radius 1 is 1.14 bits per heavy atom. The van der Waals surface area contributed by atoms with E-state index in [9.17, 15) is 4.79 Å². The average molecular weight is 330 g/mol.